The number of anilines is 3. The van der Waals surface area contributed by atoms with E-state index in [4.69, 9.17) is 4.74 Å². The predicted octanol–water partition coefficient (Wildman–Crippen LogP) is 2.20. The Morgan fingerprint density at radius 2 is 2.32 bits per heavy atom. The minimum atomic E-state index is -0.392. The highest BCUT2D eigenvalue weighted by molar-refractivity contribution is 6.01. The molecule has 2 aromatic heterocycles. The average Bonchev–Trinajstić information content (AvgIpc) is 2.73. The van der Waals surface area contributed by atoms with Gasteiger partial charge in [-0.2, -0.15) is 5.26 Å². The molecule has 144 valence electrons. The number of nitrogens with one attached hydrogen (secondary N) is 2. The van der Waals surface area contributed by atoms with Crippen LogP contribution in [0.25, 0.3) is 0 Å². The number of aldehydes is 1. The third-order valence-corrected chi connectivity index (χ3v) is 4.31. The van der Waals surface area contributed by atoms with E-state index in [0.717, 1.165) is 18.4 Å². The number of rotatable bonds is 6. The Balaban J connectivity index is 1.79. The summed E-state index contributed by atoms with van der Waals surface area (Å²) >= 11 is 0. The zero-order valence-corrected chi connectivity index (χ0v) is 15.4. The number of ether oxygens (including phenoxy) is 1. The molecule has 2 N–H and O–H groups in total. The highest BCUT2D eigenvalue weighted by Gasteiger charge is 2.25. The van der Waals surface area contributed by atoms with E-state index >= 15 is 0 Å². The van der Waals surface area contributed by atoms with Crippen LogP contribution in [0.3, 0.4) is 0 Å². The van der Waals surface area contributed by atoms with Crippen LogP contribution in [0, 0.1) is 11.3 Å². The van der Waals surface area contributed by atoms with E-state index in [0.29, 0.717) is 48.9 Å². The standard InChI is InChI=1S/C19H20N6O3/c1-28-8-6-21-16-9-17(22-11-14(16)10-20)24-19(27)25-7-2-3-13-4-5-15(12-26)23-18(13)25/h4-5,9,11-12H,2-3,6-8H2,1H3,(H2,21,22,24,27). The molecule has 0 saturated carbocycles. The number of carbonyl (C=O) groups excluding carboxylic acids is 2. The monoisotopic (exact) mass is 380 g/mol. The largest absolute Gasteiger partial charge is 0.383 e. The predicted molar refractivity (Wildman–Crippen MR) is 104 cm³/mol. The van der Waals surface area contributed by atoms with Crippen LogP contribution in [0.1, 0.15) is 28.0 Å². The highest BCUT2D eigenvalue weighted by atomic mass is 16.5. The summed E-state index contributed by atoms with van der Waals surface area (Å²) in [6.07, 6.45) is 3.66. The molecular weight excluding hydrogens is 360 g/mol. The molecule has 0 spiro atoms. The van der Waals surface area contributed by atoms with E-state index in [1.165, 1.54) is 11.1 Å². The number of pyridine rings is 2. The lowest BCUT2D eigenvalue weighted by Crippen LogP contribution is -2.39. The Hall–Kier alpha value is -3.51. The first-order valence-corrected chi connectivity index (χ1v) is 8.83. The molecule has 0 aromatic carbocycles. The summed E-state index contributed by atoms with van der Waals surface area (Å²) in [7, 11) is 1.59. The lowest BCUT2D eigenvalue weighted by molar-refractivity contribution is 0.111. The number of carbonyl (C=O) groups is 2. The number of aromatic nitrogens is 2. The summed E-state index contributed by atoms with van der Waals surface area (Å²) < 4.78 is 4.99. The number of aryl methyl sites for hydroxylation is 1. The summed E-state index contributed by atoms with van der Waals surface area (Å²) in [5, 5.41) is 15.0. The molecule has 2 aromatic rings. The van der Waals surface area contributed by atoms with Crippen molar-refractivity contribution >= 4 is 29.6 Å². The fourth-order valence-electron chi connectivity index (χ4n) is 2.94. The maximum Gasteiger partial charge on any atom is 0.328 e. The van der Waals surface area contributed by atoms with Gasteiger partial charge in [-0.05, 0) is 24.5 Å². The molecular formula is C19H20N6O3. The normalized spacial score (nSPS) is 12.6. The third kappa shape index (κ3) is 4.24. The summed E-state index contributed by atoms with van der Waals surface area (Å²) in [4.78, 5) is 33.7. The van der Waals surface area contributed by atoms with Crippen LogP contribution >= 0.6 is 0 Å². The van der Waals surface area contributed by atoms with Gasteiger partial charge in [0, 0.05) is 32.5 Å². The van der Waals surface area contributed by atoms with Crippen LogP contribution in [-0.4, -0.2) is 49.1 Å². The molecule has 0 atom stereocenters. The van der Waals surface area contributed by atoms with Crippen LogP contribution in [0.5, 0.6) is 0 Å². The Morgan fingerprint density at radius 3 is 3.07 bits per heavy atom. The molecule has 2 amide bonds. The second-order valence-corrected chi connectivity index (χ2v) is 6.17. The van der Waals surface area contributed by atoms with Gasteiger partial charge in [0.2, 0.25) is 0 Å². The van der Waals surface area contributed by atoms with E-state index in [9.17, 15) is 14.9 Å². The minimum absolute atomic E-state index is 0.277. The quantitative estimate of drug-likeness (QED) is 0.582. The van der Waals surface area contributed by atoms with E-state index in [2.05, 4.69) is 26.7 Å². The van der Waals surface area contributed by atoms with Crippen molar-refractivity contribution in [2.45, 2.75) is 12.8 Å². The molecule has 0 radical (unpaired) electrons. The van der Waals surface area contributed by atoms with Gasteiger partial charge in [-0.1, -0.05) is 6.07 Å². The van der Waals surface area contributed by atoms with Crippen molar-refractivity contribution in [3.8, 4) is 6.07 Å². The van der Waals surface area contributed by atoms with Crippen LogP contribution < -0.4 is 15.5 Å². The van der Waals surface area contributed by atoms with Crippen LogP contribution in [0.15, 0.2) is 24.4 Å². The lowest BCUT2D eigenvalue weighted by Gasteiger charge is -2.28. The lowest BCUT2D eigenvalue weighted by atomic mass is 10.1. The average molecular weight is 380 g/mol. The first kappa shape index (κ1) is 19.3. The van der Waals surface area contributed by atoms with Gasteiger partial charge < -0.3 is 10.1 Å². The van der Waals surface area contributed by atoms with Gasteiger partial charge in [-0.15, -0.1) is 0 Å². The van der Waals surface area contributed by atoms with Gasteiger partial charge in [-0.25, -0.2) is 14.8 Å². The molecule has 0 unspecified atom stereocenters. The fraction of sp³-hybridized carbons (Fsp3) is 0.316. The number of hydrogen-bond acceptors (Lipinski definition) is 7. The SMILES string of the molecule is COCCNc1cc(NC(=O)N2CCCc3ccc(C=O)nc32)ncc1C#N. The molecule has 0 bridgehead atoms. The van der Waals surface area contributed by atoms with Crippen molar-refractivity contribution in [2.24, 2.45) is 0 Å². The molecule has 9 heteroatoms. The number of hydrogen-bond donors (Lipinski definition) is 2. The first-order chi connectivity index (χ1) is 13.7. The summed E-state index contributed by atoms with van der Waals surface area (Å²) in [6.45, 7) is 1.48. The summed E-state index contributed by atoms with van der Waals surface area (Å²) in [5.74, 6) is 0.794. The maximum absolute atomic E-state index is 12.8. The van der Waals surface area contributed by atoms with E-state index < -0.39 is 6.03 Å². The van der Waals surface area contributed by atoms with Crippen molar-refractivity contribution in [2.75, 3.05) is 42.3 Å². The van der Waals surface area contributed by atoms with E-state index in [1.807, 2.05) is 6.07 Å². The first-order valence-electron chi connectivity index (χ1n) is 8.83. The van der Waals surface area contributed by atoms with Gasteiger partial charge in [0.15, 0.2) is 6.29 Å². The van der Waals surface area contributed by atoms with Gasteiger partial charge >= 0.3 is 6.03 Å². The second kappa shape index (κ2) is 8.92. The van der Waals surface area contributed by atoms with E-state index in [1.54, 1.807) is 19.2 Å². The number of amides is 2. The molecule has 0 saturated heterocycles. The molecule has 3 heterocycles. The zero-order chi connectivity index (χ0) is 19.9. The van der Waals surface area contributed by atoms with Gasteiger partial charge in [0.05, 0.1) is 17.9 Å². The number of nitrogens with zero attached hydrogens (tertiary/aromatic N) is 4. The Labute approximate surface area is 162 Å². The van der Waals surface area contributed by atoms with Gasteiger partial charge in [-0.3, -0.25) is 15.0 Å². The van der Waals surface area contributed by atoms with Crippen molar-refractivity contribution in [3.05, 3.63) is 41.2 Å². The Bertz CT molecular complexity index is 924. The number of urea groups is 1. The third-order valence-electron chi connectivity index (χ3n) is 4.31. The Morgan fingerprint density at radius 1 is 1.46 bits per heavy atom. The van der Waals surface area contributed by atoms with Crippen LogP contribution in [-0.2, 0) is 11.2 Å². The summed E-state index contributed by atoms with van der Waals surface area (Å²) in [5.41, 5.74) is 2.13. The molecule has 28 heavy (non-hydrogen) atoms. The molecule has 3 rings (SSSR count). The zero-order valence-electron chi connectivity index (χ0n) is 15.4. The van der Waals surface area contributed by atoms with Gasteiger partial charge in [0.25, 0.3) is 0 Å². The van der Waals surface area contributed by atoms with Gasteiger partial charge in [0.1, 0.15) is 23.4 Å². The number of methoxy groups -OCH3 is 1. The molecule has 9 nitrogen and oxygen atoms in total. The minimum Gasteiger partial charge on any atom is -0.383 e. The van der Waals surface area contributed by atoms with Crippen molar-refractivity contribution < 1.29 is 14.3 Å². The maximum atomic E-state index is 12.8. The molecule has 0 aliphatic carbocycles. The number of fused-ring (bicyclic) bond motifs is 1. The summed E-state index contributed by atoms with van der Waals surface area (Å²) in [6, 6.07) is 6.74. The molecule has 0 fully saturated rings. The molecule has 1 aliphatic heterocycles. The second-order valence-electron chi connectivity index (χ2n) is 6.17. The van der Waals surface area contributed by atoms with Crippen LogP contribution in [0.2, 0.25) is 0 Å². The number of nitriles is 1. The molecule has 1 aliphatic rings. The highest BCUT2D eigenvalue weighted by Crippen LogP contribution is 2.26. The van der Waals surface area contributed by atoms with Crippen molar-refractivity contribution in [1.29, 1.82) is 5.26 Å². The van der Waals surface area contributed by atoms with Crippen LogP contribution in [0.4, 0.5) is 22.1 Å². The Kier molecular flexibility index (Phi) is 6.14. The van der Waals surface area contributed by atoms with Crippen molar-refractivity contribution in [1.82, 2.24) is 9.97 Å². The smallest absolute Gasteiger partial charge is 0.328 e. The van der Waals surface area contributed by atoms with E-state index in [-0.39, 0.29) is 5.69 Å². The van der Waals surface area contributed by atoms with Crippen molar-refractivity contribution in [3.63, 3.8) is 0 Å². The topological polar surface area (TPSA) is 120 Å². The fourth-order valence-corrected chi connectivity index (χ4v) is 2.94.